The van der Waals surface area contributed by atoms with Crippen LogP contribution >= 0.6 is 0 Å². The third-order valence-corrected chi connectivity index (χ3v) is 4.69. The monoisotopic (exact) mass is 383 g/mol. The van der Waals surface area contributed by atoms with Gasteiger partial charge in [-0.15, -0.1) is 0 Å². The van der Waals surface area contributed by atoms with Gasteiger partial charge in [0.2, 0.25) is 11.8 Å². The van der Waals surface area contributed by atoms with Crippen molar-refractivity contribution in [2.45, 2.75) is 26.4 Å². The molecule has 1 aliphatic rings. The number of benzene rings is 1. The zero-order valence-electron chi connectivity index (χ0n) is 16.1. The second-order valence-electron chi connectivity index (χ2n) is 6.92. The average molecular weight is 383 g/mol. The molecular weight excluding hydrogens is 358 g/mol. The lowest BCUT2D eigenvalue weighted by atomic mass is 10.2. The van der Waals surface area contributed by atoms with Gasteiger partial charge in [0, 0.05) is 43.0 Å². The zero-order valence-corrected chi connectivity index (χ0v) is 16.1. The van der Waals surface area contributed by atoms with E-state index in [4.69, 9.17) is 9.47 Å². The molecule has 1 heterocycles. The topological polar surface area (TPSA) is 89.6 Å². The summed E-state index contributed by atoms with van der Waals surface area (Å²) in [7, 11) is 1.57. The summed E-state index contributed by atoms with van der Waals surface area (Å²) in [4.78, 5) is 27.9. The molecule has 28 heavy (non-hydrogen) atoms. The van der Waals surface area contributed by atoms with Gasteiger partial charge in [0.15, 0.2) is 11.5 Å². The maximum atomic E-state index is 12.1. The molecule has 1 aliphatic carbocycles. The Labute approximate surface area is 164 Å². The van der Waals surface area contributed by atoms with Crippen molar-refractivity contribution in [1.82, 2.24) is 10.3 Å². The van der Waals surface area contributed by atoms with Gasteiger partial charge >= 0.3 is 0 Å². The number of carbonyl (C=O) groups excluding carboxylic acids is 2. The first-order chi connectivity index (χ1) is 13.6. The molecular formula is C21H25N3O4. The van der Waals surface area contributed by atoms with Crippen molar-refractivity contribution >= 4 is 17.5 Å². The van der Waals surface area contributed by atoms with Crippen LogP contribution < -0.4 is 20.1 Å². The largest absolute Gasteiger partial charge is 0.493 e. The van der Waals surface area contributed by atoms with Crippen LogP contribution in [0.1, 0.15) is 25.3 Å². The summed E-state index contributed by atoms with van der Waals surface area (Å²) in [5.41, 5.74) is 1.59. The van der Waals surface area contributed by atoms with Gasteiger partial charge in [0.05, 0.1) is 7.11 Å². The van der Waals surface area contributed by atoms with Crippen molar-refractivity contribution in [3.05, 3.63) is 48.3 Å². The van der Waals surface area contributed by atoms with Gasteiger partial charge in [0.25, 0.3) is 0 Å². The Morgan fingerprint density at radius 1 is 1.18 bits per heavy atom. The lowest BCUT2D eigenvalue weighted by Crippen LogP contribution is -2.29. The maximum absolute atomic E-state index is 12.1. The second-order valence-corrected chi connectivity index (χ2v) is 6.92. The van der Waals surface area contributed by atoms with E-state index in [9.17, 15) is 9.59 Å². The number of anilines is 1. The summed E-state index contributed by atoms with van der Waals surface area (Å²) < 4.78 is 11.2. The van der Waals surface area contributed by atoms with E-state index in [1.807, 2.05) is 12.1 Å². The van der Waals surface area contributed by atoms with E-state index in [1.165, 1.54) is 0 Å². The molecule has 0 bridgehead atoms. The van der Waals surface area contributed by atoms with E-state index >= 15 is 0 Å². The molecule has 0 radical (unpaired) electrons. The molecule has 1 aromatic heterocycles. The lowest BCUT2D eigenvalue weighted by molar-refractivity contribution is -0.122. The maximum Gasteiger partial charge on any atom is 0.226 e. The molecule has 0 aliphatic heterocycles. The molecule has 2 N–H and O–H groups in total. The molecule has 2 aromatic rings. The molecule has 2 amide bonds. The fourth-order valence-electron chi connectivity index (χ4n) is 2.85. The standard InChI is InChI=1S/C21H25N3O4/c1-14-11-17(14)21(26)23-10-7-20(25)24-16-3-4-18(27-2)19(12-16)28-13-15-5-8-22-9-6-15/h3-6,8-9,12,14,17H,7,10-11,13H2,1-2H3,(H,23,26)(H,24,25). The van der Waals surface area contributed by atoms with E-state index in [0.29, 0.717) is 36.3 Å². The molecule has 1 saturated carbocycles. The Balaban J connectivity index is 1.51. The number of ether oxygens (including phenoxy) is 2. The summed E-state index contributed by atoms with van der Waals surface area (Å²) in [5.74, 6) is 1.56. The molecule has 2 atom stereocenters. The molecule has 1 fully saturated rings. The van der Waals surface area contributed by atoms with Gasteiger partial charge < -0.3 is 20.1 Å². The van der Waals surface area contributed by atoms with Gasteiger partial charge in [-0.1, -0.05) is 6.92 Å². The van der Waals surface area contributed by atoms with Gasteiger partial charge in [-0.3, -0.25) is 14.6 Å². The minimum Gasteiger partial charge on any atom is -0.493 e. The predicted molar refractivity (Wildman–Crippen MR) is 105 cm³/mol. The number of methoxy groups -OCH3 is 1. The summed E-state index contributed by atoms with van der Waals surface area (Å²) in [6.45, 7) is 2.74. The van der Waals surface area contributed by atoms with E-state index in [1.54, 1.807) is 37.7 Å². The van der Waals surface area contributed by atoms with Crippen LogP contribution in [0.3, 0.4) is 0 Å². The van der Waals surface area contributed by atoms with Crippen LogP contribution in [0.4, 0.5) is 5.69 Å². The smallest absolute Gasteiger partial charge is 0.226 e. The fraction of sp³-hybridized carbons (Fsp3) is 0.381. The molecule has 0 saturated heterocycles. The Bertz CT molecular complexity index is 826. The zero-order chi connectivity index (χ0) is 19.9. The second kappa shape index (κ2) is 9.21. The summed E-state index contributed by atoms with van der Waals surface area (Å²) in [6.07, 6.45) is 4.56. The first kappa shape index (κ1) is 19.7. The van der Waals surface area contributed by atoms with Crippen molar-refractivity contribution in [2.24, 2.45) is 11.8 Å². The van der Waals surface area contributed by atoms with Crippen molar-refractivity contribution < 1.29 is 19.1 Å². The number of pyridine rings is 1. The van der Waals surface area contributed by atoms with E-state index in [2.05, 4.69) is 22.5 Å². The number of carbonyl (C=O) groups is 2. The van der Waals surface area contributed by atoms with Crippen molar-refractivity contribution in [3.63, 3.8) is 0 Å². The third kappa shape index (κ3) is 5.45. The minimum absolute atomic E-state index is 0.0385. The number of aromatic nitrogens is 1. The highest BCUT2D eigenvalue weighted by molar-refractivity contribution is 5.91. The van der Waals surface area contributed by atoms with Crippen LogP contribution in [0.15, 0.2) is 42.7 Å². The normalized spacial score (nSPS) is 17.5. The summed E-state index contributed by atoms with van der Waals surface area (Å²) in [6, 6.07) is 8.96. The summed E-state index contributed by atoms with van der Waals surface area (Å²) in [5, 5.41) is 5.63. The van der Waals surface area contributed by atoms with Crippen LogP contribution in [0.5, 0.6) is 11.5 Å². The molecule has 3 rings (SSSR count). The summed E-state index contributed by atoms with van der Waals surface area (Å²) >= 11 is 0. The number of nitrogens with zero attached hydrogens (tertiary/aromatic N) is 1. The van der Waals surface area contributed by atoms with Crippen molar-refractivity contribution in [1.29, 1.82) is 0 Å². The molecule has 1 aromatic carbocycles. The quantitative estimate of drug-likeness (QED) is 0.695. The molecule has 0 spiro atoms. The minimum atomic E-state index is -0.172. The third-order valence-electron chi connectivity index (χ3n) is 4.69. The average Bonchev–Trinajstić information content (AvgIpc) is 3.44. The molecule has 7 heteroatoms. The van der Waals surface area contributed by atoms with Crippen LogP contribution in [0.25, 0.3) is 0 Å². The van der Waals surface area contributed by atoms with Crippen LogP contribution in [0, 0.1) is 11.8 Å². The van der Waals surface area contributed by atoms with Crippen LogP contribution in [-0.2, 0) is 16.2 Å². The van der Waals surface area contributed by atoms with Crippen molar-refractivity contribution in [3.8, 4) is 11.5 Å². The Morgan fingerprint density at radius 3 is 2.61 bits per heavy atom. The molecule has 2 unspecified atom stereocenters. The lowest BCUT2D eigenvalue weighted by Gasteiger charge is -2.13. The Hall–Kier alpha value is -3.09. The Morgan fingerprint density at radius 2 is 1.93 bits per heavy atom. The number of hydrogen-bond donors (Lipinski definition) is 2. The van der Waals surface area contributed by atoms with Crippen LogP contribution in [-0.4, -0.2) is 30.5 Å². The highest BCUT2D eigenvalue weighted by Gasteiger charge is 2.38. The van der Waals surface area contributed by atoms with E-state index in [-0.39, 0.29) is 24.2 Å². The van der Waals surface area contributed by atoms with Crippen LogP contribution in [0.2, 0.25) is 0 Å². The van der Waals surface area contributed by atoms with Gasteiger partial charge in [-0.25, -0.2) is 0 Å². The van der Waals surface area contributed by atoms with E-state index in [0.717, 1.165) is 12.0 Å². The highest BCUT2D eigenvalue weighted by Crippen LogP contribution is 2.37. The fourth-order valence-corrected chi connectivity index (χ4v) is 2.85. The Kier molecular flexibility index (Phi) is 6.47. The first-order valence-electron chi connectivity index (χ1n) is 9.34. The number of nitrogens with one attached hydrogen (secondary N) is 2. The number of amides is 2. The highest BCUT2D eigenvalue weighted by atomic mass is 16.5. The number of rotatable bonds is 9. The predicted octanol–water partition coefficient (Wildman–Crippen LogP) is 2.77. The van der Waals surface area contributed by atoms with Gasteiger partial charge in [-0.2, -0.15) is 0 Å². The number of hydrogen-bond acceptors (Lipinski definition) is 5. The van der Waals surface area contributed by atoms with E-state index < -0.39 is 0 Å². The molecule has 148 valence electrons. The SMILES string of the molecule is COc1ccc(NC(=O)CCNC(=O)C2CC2C)cc1OCc1ccncc1. The van der Waals surface area contributed by atoms with Gasteiger partial charge in [-0.05, 0) is 42.2 Å². The molecule has 7 nitrogen and oxygen atoms in total. The first-order valence-corrected chi connectivity index (χ1v) is 9.34. The van der Waals surface area contributed by atoms with Crippen molar-refractivity contribution in [2.75, 3.05) is 19.0 Å². The van der Waals surface area contributed by atoms with Gasteiger partial charge in [0.1, 0.15) is 6.61 Å².